The molecule has 9 heavy (non-hydrogen) atoms. The van der Waals surface area contributed by atoms with Crippen LogP contribution in [0, 0.1) is 0 Å². The van der Waals surface area contributed by atoms with Crippen molar-refractivity contribution in [2.45, 2.75) is 13.8 Å². The molecule has 0 bridgehead atoms. The van der Waals surface area contributed by atoms with Crippen LogP contribution in [0.5, 0.6) is 0 Å². The van der Waals surface area contributed by atoms with Crippen molar-refractivity contribution in [1.29, 1.82) is 0 Å². The molecular weight excluding hydrogens is 112 g/mol. The molecule has 0 radical (unpaired) electrons. The molecule has 0 saturated carbocycles. The molecule has 0 aliphatic heterocycles. The molecule has 0 amide bonds. The molecule has 0 fully saturated rings. The van der Waals surface area contributed by atoms with Crippen LogP contribution in [0.4, 0.5) is 0 Å². The van der Waals surface area contributed by atoms with E-state index in [-0.39, 0.29) is 0 Å². The fraction of sp³-hybridized carbons (Fsp3) is 0.429. The lowest BCUT2D eigenvalue weighted by atomic mass is 10.3. The summed E-state index contributed by atoms with van der Waals surface area (Å²) in [5, 5.41) is 3.01. The Bertz CT molecular complexity index is 125. The Labute approximate surface area is 56.4 Å². The predicted molar refractivity (Wildman–Crippen MR) is 40.8 cm³/mol. The van der Waals surface area contributed by atoms with Gasteiger partial charge in [-0.25, -0.2) is 0 Å². The molecule has 52 valence electrons. The highest BCUT2D eigenvalue weighted by atomic mass is 14.9. The van der Waals surface area contributed by atoms with Crippen LogP contribution in [0.25, 0.3) is 0 Å². The highest BCUT2D eigenvalue weighted by molar-refractivity contribution is 5.22. The van der Waals surface area contributed by atoms with Crippen LogP contribution in [0.2, 0.25) is 0 Å². The third-order valence-electron chi connectivity index (χ3n) is 1.05. The molecule has 0 heterocycles. The first-order valence-corrected chi connectivity index (χ1v) is 3.07. The van der Waals surface area contributed by atoms with Gasteiger partial charge in [-0.15, -0.1) is 0 Å². The SMILES string of the molecule is C=C(NCC)/C(N)=C/C. The van der Waals surface area contributed by atoms with E-state index < -0.39 is 0 Å². The molecule has 0 spiro atoms. The monoisotopic (exact) mass is 126 g/mol. The van der Waals surface area contributed by atoms with E-state index in [1.807, 2.05) is 19.9 Å². The molecule has 0 atom stereocenters. The van der Waals surface area contributed by atoms with Crippen LogP contribution < -0.4 is 11.1 Å². The number of hydrogen-bond donors (Lipinski definition) is 2. The van der Waals surface area contributed by atoms with Crippen LogP contribution >= 0.6 is 0 Å². The summed E-state index contributed by atoms with van der Waals surface area (Å²) >= 11 is 0. The van der Waals surface area contributed by atoms with Crippen LogP contribution in [-0.2, 0) is 0 Å². The van der Waals surface area contributed by atoms with Gasteiger partial charge in [-0.3, -0.25) is 0 Å². The van der Waals surface area contributed by atoms with Gasteiger partial charge in [0.1, 0.15) is 0 Å². The molecule has 0 aromatic carbocycles. The topological polar surface area (TPSA) is 38.0 Å². The highest BCUT2D eigenvalue weighted by Gasteiger charge is 1.90. The summed E-state index contributed by atoms with van der Waals surface area (Å²) in [6.07, 6.45) is 1.82. The zero-order valence-electron chi connectivity index (χ0n) is 6.07. The van der Waals surface area contributed by atoms with E-state index in [0.29, 0.717) is 0 Å². The Balaban J connectivity index is 3.74. The number of nitrogens with one attached hydrogen (secondary N) is 1. The molecule has 2 nitrogen and oxygen atoms in total. The number of likely N-dealkylation sites (N-methyl/N-ethyl adjacent to an activating group) is 1. The van der Waals surface area contributed by atoms with Gasteiger partial charge in [-0.2, -0.15) is 0 Å². The van der Waals surface area contributed by atoms with Crippen molar-refractivity contribution in [1.82, 2.24) is 5.32 Å². The first-order chi connectivity index (χ1) is 4.22. The van der Waals surface area contributed by atoms with Crippen molar-refractivity contribution in [3.63, 3.8) is 0 Å². The first-order valence-electron chi connectivity index (χ1n) is 3.07. The summed E-state index contributed by atoms with van der Waals surface area (Å²) in [7, 11) is 0. The van der Waals surface area contributed by atoms with Crippen molar-refractivity contribution in [3.8, 4) is 0 Å². The largest absolute Gasteiger partial charge is 0.397 e. The molecule has 0 aliphatic carbocycles. The zero-order valence-corrected chi connectivity index (χ0v) is 6.07. The summed E-state index contributed by atoms with van der Waals surface area (Å²) in [6.45, 7) is 8.47. The lowest BCUT2D eigenvalue weighted by Crippen LogP contribution is -2.16. The van der Waals surface area contributed by atoms with Crippen molar-refractivity contribution in [3.05, 3.63) is 24.0 Å². The van der Waals surface area contributed by atoms with Crippen molar-refractivity contribution in [2.24, 2.45) is 5.73 Å². The fourth-order valence-corrected chi connectivity index (χ4v) is 0.490. The van der Waals surface area contributed by atoms with E-state index in [0.717, 1.165) is 17.9 Å². The molecule has 3 N–H and O–H groups in total. The van der Waals surface area contributed by atoms with E-state index >= 15 is 0 Å². The zero-order chi connectivity index (χ0) is 7.28. The molecule has 0 aromatic heterocycles. The third kappa shape index (κ3) is 2.80. The lowest BCUT2D eigenvalue weighted by Gasteiger charge is -2.05. The van der Waals surface area contributed by atoms with Gasteiger partial charge in [0, 0.05) is 17.9 Å². The van der Waals surface area contributed by atoms with Gasteiger partial charge in [0.15, 0.2) is 0 Å². The minimum Gasteiger partial charge on any atom is -0.397 e. The predicted octanol–water partition coefficient (Wildman–Crippen LogP) is 0.972. The van der Waals surface area contributed by atoms with E-state index in [2.05, 4.69) is 11.9 Å². The number of hydrogen-bond acceptors (Lipinski definition) is 2. The third-order valence-corrected chi connectivity index (χ3v) is 1.05. The quantitative estimate of drug-likeness (QED) is 0.553. The minimum atomic E-state index is 0.719. The Kier molecular flexibility index (Phi) is 3.60. The van der Waals surface area contributed by atoms with Gasteiger partial charge in [-0.05, 0) is 13.8 Å². The van der Waals surface area contributed by atoms with E-state index in [9.17, 15) is 0 Å². The molecule has 0 saturated heterocycles. The Morgan fingerprint density at radius 3 is 2.67 bits per heavy atom. The van der Waals surface area contributed by atoms with Gasteiger partial charge in [0.05, 0.1) is 0 Å². The van der Waals surface area contributed by atoms with Gasteiger partial charge in [0.2, 0.25) is 0 Å². The molecule has 0 unspecified atom stereocenters. The molecule has 0 aromatic rings. The van der Waals surface area contributed by atoms with E-state index in [1.165, 1.54) is 0 Å². The second-order valence-corrected chi connectivity index (χ2v) is 1.75. The molecule has 0 aliphatic rings. The van der Waals surface area contributed by atoms with Gasteiger partial charge < -0.3 is 11.1 Å². The van der Waals surface area contributed by atoms with Crippen LogP contribution in [-0.4, -0.2) is 6.54 Å². The molecule has 2 heteroatoms. The normalized spacial score (nSPS) is 11.1. The number of allylic oxidation sites excluding steroid dienone is 1. The smallest absolute Gasteiger partial charge is 0.0500 e. The maximum atomic E-state index is 5.50. The van der Waals surface area contributed by atoms with Gasteiger partial charge >= 0.3 is 0 Å². The van der Waals surface area contributed by atoms with E-state index in [4.69, 9.17) is 5.73 Å². The fourth-order valence-electron chi connectivity index (χ4n) is 0.490. The number of rotatable bonds is 3. The summed E-state index contributed by atoms with van der Waals surface area (Å²) in [5.74, 6) is 0. The van der Waals surface area contributed by atoms with E-state index in [1.54, 1.807) is 0 Å². The van der Waals surface area contributed by atoms with Crippen molar-refractivity contribution in [2.75, 3.05) is 6.54 Å². The van der Waals surface area contributed by atoms with Gasteiger partial charge in [-0.1, -0.05) is 12.7 Å². The highest BCUT2D eigenvalue weighted by Crippen LogP contribution is 1.93. The van der Waals surface area contributed by atoms with Gasteiger partial charge in [0.25, 0.3) is 0 Å². The minimum absolute atomic E-state index is 0.719. The van der Waals surface area contributed by atoms with Crippen LogP contribution in [0.15, 0.2) is 24.0 Å². The van der Waals surface area contributed by atoms with Crippen LogP contribution in [0.3, 0.4) is 0 Å². The first kappa shape index (κ1) is 8.08. The summed E-state index contributed by atoms with van der Waals surface area (Å²) in [6, 6.07) is 0. The summed E-state index contributed by atoms with van der Waals surface area (Å²) in [5.41, 5.74) is 7.03. The lowest BCUT2D eigenvalue weighted by molar-refractivity contribution is 0.861. The van der Waals surface area contributed by atoms with Crippen molar-refractivity contribution >= 4 is 0 Å². The maximum absolute atomic E-state index is 5.50. The number of nitrogens with two attached hydrogens (primary N) is 1. The van der Waals surface area contributed by atoms with Crippen molar-refractivity contribution < 1.29 is 0 Å². The Morgan fingerprint density at radius 1 is 1.78 bits per heavy atom. The van der Waals surface area contributed by atoms with Crippen LogP contribution in [0.1, 0.15) is 13.8 Å². The maximum Gasteiger partial charge on any atom is 0.0500 e. The average Bonchev–Trinajstić information content (AvgIpc) is 1.87. The molecule has 0 rings (SSSR count). The average molecular weight is 126 g/mol. The Morgan fingerprint density at radius 2 is 2.33 bits per heavy atom. The summed E-state index contributed by atoms with van der Waals surface area (Å²) < 4.78 is 0. The second kappa shape index (κ2) is 4.01. The second-order valence-electron chi connectivity index (χ2n) is 1.75. The standard InChI is InChI=1S/C7H14N2/c1-4-7(8)6(3)9-5-2/h4,9H,3,5,8H2,1-2H3/b7-4-. The summed E-state index contributed by atoms with van der Waals surface area (Å²) in [4.78, 5) is 0. The Hall–Kier alpha value is -0.920. The molecular formula is C7H14N2.